The monoisotopic (exact) mass is 191 g/mol. The molecule has 0 bridgehead atoms. The number of fused-ring (bicyclic) bond motifs is 1. The molecule has 12 heavy (non-hydrogen) atoms. The summed E-state index contributed by atoms with van der Waals surface area (Å²) in [7, 11) is 0. The van der Waals surface area contributed by atoms with Gasteiger partial charge in [-0.25, -0.2) is 0 Å². The first-order valence-corrected chi connectivity index (χ1v) is 3.85. The van der Waals surface area contributed by atoms with Crippen LogP contribution in [0, 0.1) is 0 Å². The Morgan fingerprint density at radius 2 is 1.83 bits per heavy atom. The van der Waals surface area contributed by atoms with Crippen LogP contribution in [0.3, 0.4) is 0 Å². The zero-order valence-corrected chi connectivity index (χ0v) is 6.75. The summed E-state index contributed by atoms with van der Waals surface area (Å²) in [6.45, 7) is 0. The van der Waals surface area contributed by atoms with Crippen molar-refractivity contribution >= 4 is 40.9 Å². The predicted molar refractivity (Wildman–Crippen MR) is 58.9 cm³/mol. The molecule has 3 heteroatoms. The van der Waals surface area contributed by atoms with Crippen LogP contribution in [0.4, 0.5) is 0 Å². The second-order valence-corrected chi connectivity index (χ2v) is 2.83. The smallest absolute Gasteiger partial charge is 0.187 e. The van der Waals surface area contributed by atoms with Gasteiger partial charge < -0.3 is 0 Å². The number of para-hydroxylation sites is 1. The average Bonchev–Trinajstić information content (AvgIpc) is 2.06. The topological polar surface area (TPSA) is 12.9 Å². The molecule has 60 valence electrons. The van der Waals surface area contributed by atoms with E-state index in [0.717, 1.165) is 15.8 Å². The summed E-state index contributed by atoms with van der Waals surface area (Å²) in [6.07, 6.45) is 1.78. The number of nitrogens with zero attached hydrogens (tertiary/aromatic N) is 1. The van der Waals surface area contributed by atoms with Crippen LogP contribution in [0.2, 0.25) is 0 Å². The highest BCUT2D eigenvalue weighted by molar-refractivity contribution is 7.80. The SMILES string of the molecule is Sc1cccc2cccnc12.[AlH3]. The van der Waals surface area contributed by atoms with Gasteiger partial charge in [-0.05, 0) is 12.1 Å². The Hall–Kier alpha value is -0.488. The lowest BCUT2D eigenvalue weighted by Gasteiger charge is -1.97. The molecule has 0 aliphatic carbocycles. The third-order valence-electron chi connectivity index (χ3n) is 1.61. The van der Waals surface area contributed by atoms with Gasteiger partial charge in [-0.3, -0.25) is 4.98 Å². The summed E-state index contributed by atoms with van der Waals surface area (Å²) in [4.78, 5) is 5.14. The maximum Gasteiger partial charge on any atom is 0.187 e. The van der Waals surface area contributed by atoms with Gasteiger partial charge in [-0.1, -0.05) is 18.2 Å². The summed E-state index contributed by atoms with van der Waals surface area (Å²) in [6, 6.07) is 9.91. The molecule has 0 fully saturated rings. The van der Waals surface area contributed by atoms with Crippen molar-refractivity contribution in [1.82, 2.24) is 4.98 Å². The minimum atomic E-state index is 0. The molecule has 0 radical (unpaired) electrons. The highest BCUT2D eigenvalue weighted by Gasteiger charge is 1.94. The summed E-state index contributed by atoms with van der Waals surface area (Å²) < 4.78 is 0. The summed E-state index contributed by atoms with van der Waals surface area (Å²) in [5.74, 6) is 0. The van der Waals surface area contributed by atoms with Crippen molar-refractivity contribution in [2.75, 3.05) is 0 Å². The van der Waals surface area contributed by atoms with E-state index in [2.05, 4.69) is 17.6 Å². The number of rotatable bonds is 0. The van der Waals surface area contributed by atoms with Gasteiger partial charge in [0.15, 0.2) is 17.4 Å². The maximum atomic E-state index is 4.29. The van der Waals surface area contributed by atoms with E-state index in [9.17, 15) is 0 Å². The minimum Gasteiger partial charge on any atom is -0.255 e. The normalized spacial score (nSPS) is 9.42. The third kappa shape index (κ3) is 1.64. The van der Waals surface area contributed by atoms with Crippen LogP contribution in [-0.2, 0) is 0 Å². The van der Waals surface area contributed by atoms with Crippen molar-refractivity contribution in [3.8, 4) is 0 Å². The van der Waals surface area contributed by atoms with Gasteiger partial charge in [-0.15, -0.1) is 12.6 Å². The van der Waals surface area contributed by atoms with Crippen LogP contribution >= 0.6 is 12.6 Å². The largest absolute Gasteiger partial charge is 0.255 e. The van der Waals surface area contributed by atoms with E-state index in [1.807, 2.05) is 30.3 Å². The average molecular weight is 191 g/mol. The molecule has 0 aliphatic rings. The molecule has 2 rings (SSSR count). The lowest BCUT2D eigenvalue weighted by molar-refractivity contribution is 1.36. The molecular formula is C9H10AlNS. The predicted octanol–water partition coefficient (Wildman–Crippen LogP) is 1.34. The van der Waals surface area contributed by atoms with Crippen molar-refractivity contribution < 1.29 is 0 Å². The summed E-state index contributed by atoms with van der Waals surface area (Å²) in [5.41, 5.74) is 0.971. The van der Waals surface area contributed by atoms with Gasteiger partial charge in [0.2, 0.25) is 0 Å². The van der Waals surface area contributed by atoms with Crippen LogP contribution in [-0.4, -0.2) is 22.3 Å². The number of thiol groups is 1. The molecule has 0 saturated carbocycles. The Balaban J connectivity index is 0.000000720. The van der Waals surface area contributed by atoms with E-state index in [-0.39, 0.29) is 17.4 Å². The fourth-order valence-electron chi connectivity index (χ4n) is 1.09. The van der Waals surface area contributed by atoms with Crippen molar-refractivity contribution in [1.29, 1.82) is 0 Å². The first-order valence-electron chi connectivity index (χ1n) is 3.40. The molecule has 0 unspecified atom stereocenters. The van der Waals surface area contributed by atoms with Crippen molar-refractivity contribution in [3.63, 3.8) is 0 Å². The molecule has 1 aromatic heterocycles. The fourth-order valence-corrected chi connectivity index (χ4v) is 1.36. The van der Waals surface area contributed by atoms with Crippen molar-refractivity contribution in [2.45, 2.75) is 4.90 Å². The van der Waals surface area contributed by atoms with Crippen LogP contribution in [0.1, 0.15) is 0 Å². The highest BCUT2D eigenvalue weighted by Crippen LogP contribution is 2.18. The van der Waals surface area contributed by atoms with E-state index < -0.39 is 0 Å². The second-order valence-electron chi connectivity index (χ2n) is 2.35. The second kappa shape index (κ2) is 3.95. The molecule has 2 aromatic rings. The zero-order valence-electron chi connectivity index (χ0n) is 5.86. The first kappa shape index (κ1) is 9.60. The van der Waals surface area contributed by atoms with Crippen molar-refractivity contribution in [3.05, 3.63) is 36.5 Å². The van der Waals surface area contributed by atoms with Gasteiger partial charge in [0.05, 0.1) is 5.52 Å². The standard InChI is InChI=1S/C9H7NS.Al.3H/c11-8-5-1-3-7-4-2-6-10-9(7)8;;;;/h1-6,11H;;;;. The van der Waals surface area contributed by atoms with Gasteiger partial charge in [-0.2, -0.15) is 0 Å². The van der Waals surface area contributed by atoms with E-state index in [0.29, 0.717) is 0 Å². The molecule has 0 amide bonds. The van der Waals surface area contributed by atoms with Gasteiger partial charge in [0, 0.05) is 16.5 Å². The van der Waals surface area contributed by atoms with E-state index in [1.54, 1.807) is 6.20 Å². The van der Waals surface area contributed by atoms with Gasteiger partial charge >= 0.3 is 0 Å². The lowest BCUT2D eigenvalue weighted by Crippen LogP contribution is -1.77. The number of hydrogen-bond donors (Lipinski definition) is 1. The van der Waals surface area contributed by atoms with E-state index in [4.69, 9.17) is 0 Å². The molecule has 1 nitrogen and oxygen atoms in total. The Kier molecular flexibility index (Phi) is 3.16. The first-order chi connectivity index (χ1) is 5.38. The molecule has 0 N–H and O–H groups in total. The molecule has 0 atom stereocenters. The van der Waals surface area contributed by atoms with E-state index >= 15 is 0 Å². The molecular weight excluding hydrogens is 181 g/mol. The minimum absolute atomic E-state index is 0. The van der Waals surface area contributed by atoms with Gasteiger partial charge in [0.1, 0.15) is 0 Å². The number of hydrogen-bond acceptors (Lipinski definition) is 2. The summed E-state index contributed by atoms with van der Waals surface area (Å²) >= 11 is 4.29. The third-order valence-corrected chi connectivity index (χ3v) is 1.97. The van der Waals surface area contributed by atoms with Crippen LogP contribution < -0.4 is 0 Å². The quantitative estimate of drug-likeness (QED) is 0.490. The molecule has 0 spiro atoms. The molecule has 0 saturated heterocycles. The van der Waals surface area contributed by atoms with Crippen LogP contribution in [0.5, 0.6) is 0 Å². The number of aromatic nitrogens is 1. The lowest BCUT2D eigenvalue weighted by atomic mass is 10.2. The summed E-state index contributed by atoms with van der Waals surface area (Å²) in [5, 5.41) is 1.14. The van der Waals surface area contributed by atoms with Gasteiger partial charge in [0.25, 0.3) is 0 Å². The Bertz CT molecular complexity index is 384. The van der Waals surface area contributed by atoms with E-state index in [1.165, 1.54) is 0 Å². The molecule has 1 aromatic carbocycles. The van der Waals surface area contributed by atoms with Crippen LogP contribution in [0.15, 0.2) is 41.4 Å². The Labute approximate surface area is 87.4 Å². The number of benzene rings is 1. The van der Waals surface area contributed by atoms with Crippen LogP contribution in [0.25, 0.3) is 10.9 Å². The molecule has 1 heterocycles. The van der Waals surface area contributed by atoms with Crippen molar-refractivity contribution in [2.24, 2.45) is 0 Å². The molecule has 0 aliphatic heterocycles. The maximum absolute atomic E-state index is 4.29. The highest BCUT2D eigenvalue weighted by atomic mass is 32.1. The fraction of sp³-hybridized carbons (Fsp3) is 0. The Morgan fingerprint density at radius 3 is 2.58 bits per heavy atom. The zero-order chi connectivity index (χ0) is 7.68. The Morgan fingerprint density at radius 1 is 1.08 bits per heavy atom. The number of pyridine rings is 1.